The van der Waals surface area contributed by atoms with Crippen LogP contribution in [0.4, 0.5) is 11.4 Å². The predicted molar refractivity (Wildman–Crippen MR) is 169 cm³/mol. The summed E-state index contributed by atoms with van der Waals surface area (Å²) in [5, 5.41) is 15.8. The third-order valence-electron chi connectivity index (χ3n) is 6.61. The van der Waals surface area contributed by atoms with Crippen molar-refractivity contribution in [1.82, 2.24) is 9.99 Å². The number of hydrogen-bond acceptors (Lipinski definition) is 7. The van der Waals surface area contributed by atoms with E-state index in [1.165, 1.54) is 50.6 Å². The van der Waals surface area contributed by atoms with Gasteiger partial charge in [0, 0.05) is 43.8 Å². The average molecular weight is 689 g/mol. The molecule has 0 aliphatic heterocycles. The molecule has 1 N–H and O–H groups in total. The van der Waals surface area contributed by atoms with Gasteiger partial charge in [0.25, 0.3) is 21.6 Å². The van der Waals surface area contributed by atoms with Gasteiger partial charge < -0.3 is 9.30 Å². The zero-order valence-electron chi connectivity index (χ0n) is 23.5. The van der Waals surface area contributed by atoms with E-state index in [1.54, 1.807) is 0 Å². The van der Waals surface area contributed by atoms with Crippen LogP contribution in [-0.4, -0.2) is 43.7 Å². The number of nitrogens with zero attached hydrogens (tertiary/aromatic N) is 4. The van der Waals surface area contributed by atoms with Gasteiger partial charge in [-0.15, -0.1) is 0 Å². The molecule has 14 heteroatoms. The first-order valence-corrected chi connectivity index (χ1v) is 15.3. The van der Waals surface area contributed by atoms with Gasteiger partial charge in [-0.3, -0.25) is 19.2 Å². The maximum atomic E-state index is 13.9. The Kier molecular flexibility index (Phi) is 9.58. The standard InChI is InChI=1S/C29H27BrClN5O6S/c1-18-5-11-25(15-26(18)36(38)39)43(40,41)34(27-14-23(31)8-12-28(27)42-4)17-29(37)33-32-16-21-13-19(2)35(20(21)3)24-9-6-22(30)7-10-24/h5-16H,17H2,1-4H3,(H,33,37)/b32-16-. The summed E-state index contributed by atoms with van der Waals surface area (Å²) in [5.41, 5.74) is 5.77. The highest BCUT2D eigenvalue weighted by Crippen LogP contribution is 2.35. The van der Waals surface area contributed by atoms with Crippen LogP contribution in [-0.2, 0) is 14.8 Å². The van der Waals surface area contributed by atoms with Crippen molar-refractivity contribution in [1.29, 1.82) is 0 Å². The maximum absolute atomic E-state index is 13.9. The molecule has 0 unspecified atom stereocenters. The van der Waals surface area contributed by atoms with Crippen LogP contribution in [0.25, 0.3) is 5.69 Å². The van der Waals surface area contributed by atoms with Crippen molar-refractivity contribution in [3.05, 3.63) is 109 Å². The minimum atomic E-state index is -4.52. The summed E-state index contributed by atoms with van der Waals surface area (Å²) in [6, 6.07) is 17.5. The van der Waals surface area contributed by atoms with E-state index in [4.69, 9.17) is 16.3 Å². The molecule has 11 nitrogen and oxygen atoms in total. The minimum Gasteiger partial charge on any atom is -0.495 e. The van der Waals surface area contributed by atoms with Crippen LogP contribution in [0.15, 0.2) is 81.2 Å². The molecule has 0 spiro atoms. The summed E-state index contributed by atoms with van der Waals surface area (Å²) >= 11 is 9.61. The van der Waals surface area contributed by atoms with Crippen LogP contribution in [0.1, 0.15) is 22.5 Å². The summed E-state index contributed by atoms with van der Waals surface area (Å²) in [7, 11) is -3.18. The number of sulfonamides is 1. The predicted octanol–water partition coefficient (Wildman–Crippen LogP) is 6.08. The summed E-state index contributed by atoms with van der Waals surface area (Å²) in [6.07, 6.45) is 1.47. The van der Waals surface area contributed by atoms with E-state index in [-0.39, 0.29) is 32.6 Å². The lowest BCUT2D eigenvalue weighted by molar-refractivity contribution is -0.385. The Morgan fingerprint density at radius 2 is 1.81 bits per heavy atom. The molecule has 1 amide bonds. The Morgan fingerprint density at radius 3 is 2.47 bits per heavy atom. The van der Waals surface area contributed by atoms with Gasteiger partial charge >= 0.3 is 0 Å². The van der Waals surface area contributed by atoms with Crippen molar-refractivity contribution in [3.63, 3.8) is 0 Å². The SMILES string of the molecule is COc1ccc(Cl)cc1N(CC(=O)N/N=C\c1cc(C)n(-c2ccc(Br)cc2)c1C)S(=O)(=O)c1ccc(C)c([N+](=O)[O-])c1. The molecule has 0 aliphatic carbocycles. The van der Waals surface area contributed by atoms with E-state index in [0.29, 0.717) is 0 Å². The highest BCUT2D eigenvalue weighted by atomic mass is 79.9. The third-order valence-corrected chi connectivity index (χ3v) is 9.13. The highest BCUT2D eigenvalue weighted by molar-refractivity contribution is 9.10. The topological polar surface area (TPSA) is 136 Å². The lowest BCUT2D eigenvalue weighted by Crippen LogP contribution is -2.39. The summed E-state index contributed by atoms with van der Waals surface area (Å²) in [4.78, 5) is 23.6. The lowest BCUT2D eigenvalue weighted by Gasteiger charge is -2.25. The second kappa shape index (κ2) is 13.0. The lowest BCUT2D eigenvalue weighted by atomic mass is 10.2. The van der Waals surface area contributed by atoms with Gasteiger partial charge in [-0.05, 0) is 75.4 Å². The molecule has 0 fully saturated rings. The summed E-state index contributed by atoms with van der Waals surface area (Å²) in [6.45, 7) is 4.63. The van der Waals surface area contributed by atoms with Crippen molar-refractivity contribution in [3.8, 4) is 11.4 Å². The number of nitrogens with one attached hydrogen (secondary N) is 1. The zero-order chi connectivity index (χ0) is 31.5. The average Bonchev–Trinajstić information content (AvgIpc) is 3.24. The fraction of sp³-hybridized carbons (Fsp3) is 0.172. The number of rotatable bonds is 10. The maximum Gasteiger partial charge on any atom is 0.273 e. The van der Waals surface area contributed by atoms with Gasteiger partial charge in [0.2, 0.25) is 0 Å². The van der Waals surface area contributed by atoms with Gasteiger partial charge in [-0.25, -0.2) is 13.8 Å². The fourth-order valence-corrected chi connectivity index (χ4v) is 6.35. The van der Waals surface area contributed by atoms with E-state index in [0.717, 1.165) is 37.5 Å². The molecule has 0 radical (unpaired) electrons. The van der Waals surface area contributed by atoms with E-state index in [1.807, 2.05) is 48.7 Å². The fourth-order valence-electron chi connectivity index (χ4n) is 4.48. The third kappa shape index (κ3) is 6.90. The Balaban J connectivity index is 1.65. The molecule has 43 heavy (non-hydrogen) atoms. The number of hydrogen-bond donors (Lipinski definition) is 1. The van der Waals surface area contributed by atoms with Crippen molar-refractivity contribution >= 4 is 61.1 Å². The van der Waals surface area contributed by atoms with Crippen LogP contribution in [0, 0.1) is 30.9 Å². The molecule has 1 heterocycles. The Labute approximate surface area is 262 Å². The Morgan fingerprint density at radius 1 is 1.12 bits per heavy atom. The van der Waals surface area contributed by atoms with Crippen LogP contribution in [0.5, 0.6) is 5.75 Å². The molecule has 0 aliphatic rings. The number of amides is 1. The molecule has 0 atom stereocenters. The van der Waals surface area contributed by atoms with Crippen LogP contribution in [0.3, 0.4) is 0 Å². The van der Waals surface area contributed by atoms with E-state index in [2.05, 4.69) is 26.5 Å². The molecule has 4 aromatic rings. The summed E-state index contributed by atoms with van der Waals surface area (Å²) < 4.78 is 36.8. The number of nitro groups is 1. The van der Waals surface area contributed by atoms with Crippen LogP contribution < -0.4 is 14.5 Å². The molecule has 224 valence electrons. The zero-order valence-corrected chi connectivity index (χ0v) is 26.7. The normalized spacial score (nSPS) is 11.5. The molecule has 0 saturated carbocycles. The minimum absolute atomic E-state index is 0.0320. The van der Waals surface area contributed by atoms with Crippen molar-refractivity contribution in [2.75, 3.05) is 18.0 Å². The number of benzene rings is 3. The van der Waals surface area contributed by atoms with Crippen molar-refractivity contribution < 1.29 is 22.9 Å². The molecular weight excluding hydrogens is 662 g/mol. The molecule has 4 rings (SSSR count). The number of halogens is 2. The molecule has 0 saturated heterocycles. The number of hydrazone groups is 1. The van der Waals surface area contributed by atoms with E-state index >= 15 is 0 Å². The highest BCUT2D eigenvalue weighted by Gasteiger charge is 2.31. The molecule has 0 bridgehead atoms. The van der Waals surface area contributed by atoms with E-state index < -0.39 is 27.4 Å². The first-order chi connectivity index (χ1) is 20.3. The van der Waals surface area contributed by atoms with Crippen molar-refractivity contribution in [2.45, 2.75) is 25.7 Å². The smallest absolute Gasteiger partial charge is 0.273 e. The number of nitro benzene ring substituents is 1. The largest absolute Gasteiger partial charge is 0.495 e. The number of aromatic nitrogens is 1. The molecule has 1 aromatic heterocycles. The van der Waals surface area contributed by atoms with Gasteiger partial charge in [0.1, 0.15) is 12.3 Å². The Bertz CT molecular complexity index is 1840. The van der Waals surface area contributed by atoms with Gasteiger partial charge in [-0.1, -0.05) is 33.6 Å². The van der Waals surface area contributed by atoms with Gasteiger partial charge in [0.05, 0.1) is 28.8 Å². The number of anilines is 1. The number of carbonyl (C=O) groups excluding carboxylic acids is 1. The van der Waals surface area contributed by atoms with E-state index in [9.17, 15) is 23.3 Å². The quantitative estimate of drug-likeness (QED) is 0.122. The number of aryl methyl sites for hydroxylation is 2. The number of ether oxygens (including phenoxy) is 1. The van der Waals surface area contributed by atoms with Gasteiger partial charge in [0.15, 0.2) is 0 Å². The second-order valence-electron chi connectivity index (χ2n) is 9.46. The molecular formula is C29H27BrClN5O6S. The number of methoxy groups -OCH3 is 1. The first kappa shape index (κ1) is 31.7. The van der Waals surface area contributed by atoms with Crippen molar-refractivity contribution in [2.24, 2.45) is 5.10 Å². The van der Waals surface area contributed by atoms with Crippen LogP contribution in [0.2, 0.25) is 5.02 Å². The first-order valence-electron chi connectivity index (χ1n) is 12.7. The Hall–Kier alpha value is -4.20. The molecule has 3 aromatic carbocycles. The second-order valence-corrected chi connectivity index (χ2v) is 12.7. The summed E-state index contributed by atoms with van der Waals surface area (Å²) in [5.74, 6) is -0.656. The van der Waals surface area contributed by atoms with Crippen LogP contribution >= 0.6 is 27.5 Å². The number of carbonyl (C=O) groups is 1. The monoisotopic (exact) mass is 687 g/mol. The van der Waals surface area contributed by atoms with Gasteiger partial charge in [-0.2, -0.15) is 5.10 Å².